The molecule has 0 aliphatic carbocycles. The molecule has 2 aromatic rings. The lowest BCUT2D eigenvalue weighted by Crippen LogP contribution is -2.50. The van der Waals surface area contributed by atoms with E-state index in [1.807, 2.05) is 39.1 Å². The molecule has 0 unspecified atom stereocenters. The van der Waals surface area contributed by atoms with Gasteiger partial charge in [0, 0.05) is 31.6 Å². The quantitative estimate of drug-likeness (QED) is 0.823. The van der Waals surface area contributed by atoms with Gasteiger partial charge in [-0.05, 0) is 39.8 Å². The van der Waals surface area contributed by atoms with Crippen LogP contribution in [0.5, 0.6) is 0 Å². The zero-order valence-corrected chi connectivity index (χ0v) is 18.1. The number of ether oxygens (including phenoxy) is 1. The molecule has 9 heteroatoms. The maximum absolute atomic E-state index is 12.2. The molecule has 0 radical (unpaired) electrons. The fourth-order valence-corrected chi connectivity index (χ4v) is 3.57. The maximum Gasteiger partial charge on any atom is 0.410 e. The van der Waals surface area contributed by atoms with Gasteiger partial charge in [0.1, 0.15) is 11.4 Å². The van der Waals surface area contributed by atoms with Crippen molar-refractivity contribution in [1.82, 2.24) is 14.9 Å². The molecule has 0 aromatic carbocycles. The first-order valence-corrected chi connectivity index (χ1v) is 10.5. The number of anilines is 2. The first-order valence-electron chi connectivity index (χ1n) is 9.59. The number of aromatic nitrogens is 2. The van der Waals surface area contributed by atoms with Gasteiger partial charge in [-0.1, -0.05) is 0 Å². The SMILES string of the molecule is Cc1nc(CC(=O)Nc2ccc(N3CCN(C(=O)OC(C)(C)C)CC3)cn2)cs1. The van der Waals surface area contributed by atoms with E-state index in [0.717, 1.165) is 16.4 Å². The van der Waals surface area contributed by atoms with Crippen molar-refractivity contribution in [3.05, 3.63) is 34.4 Å². The molecular formula is C20H27N5O3S. The second-order valence-corrected chi connectivity index (χ2v) is 9.00. The number of carbonyl (C=O) groups excluding carboxylic acids is 2. The second kappa shape index (κ2) is 8.77. The van der Waals surface area contributed by atoms with Crippen molar-refractivity contribution < 1.29 is 14.3 Å². The predicted molar refractivity (Wildman–Crippen MR) is 113 cm³/mol. The fourth-order valence-electron chi connectivity index (χ4n) is 2.96. The summed E-state index contributed by atoms with van der Waals surface area (Å²) < 4.78 is 5.43. The van der Waals surface area contributed by atoms with Crippen LogP contribution >= 0.6 is 11.3 Å². The molecule has 1 fully saturated rings. The minimum atomic E-state index is -0.489. The van der Waals surface area contributed by atoms with Crippen LogP contribution in [0.2, 0.25) is 0 Å². The third kappa shape index (κ3) is 6.15. The van der Waals surface area contributed by atoms with Crippen LogP contribution in [-0.4, -0.2) is 58.6 Å². The van der Waals surface area contributed by atoms with Crippen LogP contribution in [0.3, 0.4) is 0 Å². The number of hydrogen-bond acceptors (Lipinski definition) is 7. The highest BCUT2D eigenvalue weighted by atomic mass is 32.1. The molecule has 156 valence electrons. The van der Waals surface area contributed by atoms with Gasteiger partial charge in [-0.2, -0.15) is 0 Å². The van der Waals surface area contributed by atoms with Gasteiger partial charge in [-0.3, -0.25) is 4.79 Å². The molecule has 0 saturated carbocycles. The summed E-state index contributed by atoms with van der Waals surface area (Å²) >= 11 is 1.53. The number of aryl methyl sites for hydroxylation is 1. The molecule has 1 aliphatic rings. The van der Waals surface area contributed by atoms with E-state index in [2.05, 4.69) is 20.2 Å². The molecule has 2 amide bonds. The van der Waals surface area contributed by atoms with Gasteiger partial charge in [0.15, 0.2) is 0 Å². The van der Waals surface area contributed by atoms with Gasteiger partial charge in [-0.15, -0.1) is 11.3 Å². The summed E-state index contributed by atoms with van der Waals surface area (Å²) in [7, 11) is 0. The Morgan fingerprint density at radius 2 is 1.93 bits per heavy atom. The third-order valence-corrected chi connectivity index (χ3v) is 5.14. The van der Waals surface area contributed by atoms with E-state index in [9.17, 15) is 9.59 Å². The molecule has 3 rings (SSSR count). The molecule has 0 spiro atoms. The molecule has 29 heavy (non-hydrogen) atoms. The number of nitrogens with one attached hydrogen (secondary N) is 1. The van der Waals surface area contributed by atoms with Crippen LogP contribution < -0.4 is 10.2 Å². The molecule has 0 bridgehead atoms. The average Bonchev–Trinajstić information content (AvgIpc) is 3.05. The number of nitrogens with zero attached hydrogens (tertiary/aromatic N) is 4. The molecule has 1 saturated heterocycles. The largest absolute Gasteiger partial charge is 0.444 e. The predicted octanol–water partition coefficient (Wildman–Crippen LogP) is 3.08. The Hall–Kier alpha value is -2.68. The summed E-state index contributed by atoms with van der Waals surface area (Å²) in [5.74, 6) is 0.375. The number of pyridine rings is 1. The molecule has 2 aromatic heterocycles. The topological polar surface area (TPSA) is 87.7 Å². The third-order valence-electron chi connectivity index (χ3n) is 4.32. The lowest BCUT2D eigenvalue weighted by molar-refractivity contribution is -0.115. The van der Waals surface area contributed by atoms with Crippen molar-refractivity contribution in [3.8, 4) is 0 Å². The van der Waals surface area contributed by atoms with Gasteiger partial charge in [-0.25, -0.2) is 14.8 Å². The second-order valence-electron chi connectivity index (χ2n) is 7.94. The Kier molecular flexibility index (Phi) is 6.36. The summed E-state index contributed by atoms with van der Waals surface area (Å²) in [6, 6.07) is 3.72. The molecular weight excluding hydrogens is 390 g/mol. The smallest absolute Gasteiger partial charge is 0.410 e. The standard InChI is InChI=1S/C20H27N5O3S/c1-14-22-15(13-29-14)11-18(26)23-17-6-5-16(12-21-17)24-7-9-25(10-8-24)19(27)28-20(2,3)4/h5-6,12-13H,7-11H2,1-4H3,(H,21,23,26). The first kappa shape index (κ1) is 21.0. The van der Waals surface area contributed by atoms with Gasteiger partial charge >= 0.3 is 6.09 Å². The van der Waals surface area contributed by atoms with E-state index >= 15 is 0 Å². The number of rotatable bonds is 4. The lowest BCUT2D eigenvalue weighted by Gasteiger charge is -2.36. The van der Waals surface area contributed by atoms with E-state index in [1.165, 1.54) is 11.3 Å². The van der Waals surface area contributed by atoms with E-state index in [-0.39, 0.29) is 18.4 Å². The molecule has 0 atom stereocenters. The summed E-state index contributed by atoms with van der Waals surface area (Å²) in [5, 5.41) is 5.64. The van der Waals surface area contributed by atoms with Crippen LogP contribution in [0.25, 0.3) is 0 Å². The van der Waals surface area contributed by atoms with E-state index in [1.54, 1.807) is 17.2 Å². The summed E-state index contributed by atoms with van der Waals surface area (Å²) in [4.78, 5) is 36.8. The summed E-state index contributed by atoms with van der Waals surface area (Å²) in [6.45, 7) is 10.1. The van der Waals surface area contributed by atoms with E-state index in [0.29, 0.717) is 32.0 Å². The van der Waals surface area contributed by atoms with E-state index < -0.39 is 5.60 Å². The van der Waals surface area contributed by atoms with Crippen LogP contribution in [0, 0.1) is 6.92 Å². The Bertz CT molecular complexity index is 852. The van der Waals surface area contributed by atoms with Crippen LogP contribution in [0.15, 0.2) is 23.7 Å². The number of thiazole rings is 1. The molecule has 8 nitrogen and oxygen atoms in total. The van der Waals surface area contributed by atoms with Gasteiger partial charge in [0.25, 0.3) is 0 Å². The molecule has 3 heterocycles. The average molecular weight is 418 g/mol. The van der Waals surface area contributed by atoms with Crippen LogP contribution in [-0.2, 0) is 16.0 Å². The lowest BCUT2D eigenvalue weighted by atomic mass is 10.2. The zero-order chi connectivity index (χ0) is 21.0. The summed E-state index contributed by atoms with van der Waals surface area (Å²) in [5.41, 5.74) is 1.24. The van der Waals surface area contributed by atoms with Crippen LogP contribution in [0.4, 0.5) is 16.3 Å². The van der Waals surface area contributed by atoms with Crippen molar-refractivity contribution in [2.45, 2.75) is 39.7 Å². The van der Waals surface area contributed by atoms with Crippen molar-refractivity contribution in [2.75, 3.05) is 36.4 Å². The Balaban J connectivity index is 1.49. The molecule has 1 aliphatic heterocycles. The number of amides is 2. The van der Waals surface area contributed by atoms with E-state index in [4.69, 9.17) is 4.74 Å². The van der Waals surface area contributed by atoms with Crippen molar-refractivity contribution in [2.24, 2.45) is 0 Å². The van der Waals surface area contributed by atoms with Gasteiger partial charge in [0.2, 0.25) is 5.91 Å². The fraction of sp³-hybridized carbons (Fsp3) is 0.500. The highest BCUT2D eigenvalue weighted by Gasteiger charge is 2.26. The number of carbonyl (C=O) groups is 2. The Morgan fingerprint density at radius 3 is 2.48 bits per heavy atom. The van der Waals surface area contributed by atoms with Gasteiger partial charge in [0.05, 0.1) is 29.0 Å². The van der Waals surface area contributed by atoms with Gasteiger partial charge < -0.3 is 19.9 Å². The first-order chi connectivity index (χ1) is 13.7. The highest BCUT2D eigenvalue weighted by Crippen LogP contribution is 2.19. The van der Waals surface area contributed by atoms with Crippen LogP contribution in [0.1, 0.15) is 31.5 Å². The minimum absolute atomic E-state index is 0.137. The number of piperazine rings is 1. The van der Waals surface area contributed by atoms with Crippen molar-refractivity contribution >= 4 is 34.8 Å². The minimum Gasteiger partial charge on any atom is -0.444 e. The van der Waals surface area contributed by atoms with Crippen molar-refractivity contribution in [1.29, 1.82) is 0 Å². The normalized spacial score (nSPS) is 14.6. The number of hydrogen-bond donors (Lipinski definition) is 1. The highest BCUT2D eigenvalue weighted by molar-refractivity contribution is 7.09. The Morgan fingerprint density at radius 1 is 1.21 bits per heavy atom. The zero-order valence-electron chi connectivity index (χ0n) is 17.3. The van der Waals surface area contributed by atoms with Crippen molar-refractivity contribution in [3.63, 3.8) is 0 Å². The monoisotopic (exact) mass is 417 g/mol. The Labute approximate surface area is 174 Å². The molecule has 1 N–H and O–H groups in total. The maximum atomic E-state index is 12.2. The summed E-state index contributed by atoms with van der Waals surface area (Å²) in [6.07, 6.45) is 1.70.